The Kier molecular flexibility index (Phi) is 8.05. The summed E-state index contributed by atoms with van der Waals surface area (Å²) >= 11 is 0. The van der Waals surface area contributed by atoms with E-state index in [1.807, 2.05) is 67.6 Å². The molecule has 2 N–H and O–H groups in total. The lowest BCUT2D eigenvalue weighted by Gasteiger charge is -2.43. The van der Waals surface area contributed by atoms with Gasteiger partial charge >= 0.3 is 0 Å². The van der Waals surface area contributed by atoms with Gasteiger partial charge in [0.1, 0.15) is 6.10 Å². The summed E-state index contributed by atoms with van der Waals surface area (Å²) in [6.45, 7) is 4.36. The van der Waals surface area contributed by atoms with Crippen LogP contribution in [0.5, 0.6) is 0 Å². The molecule has 1 amide bonds. The molecule has 8 nitrogen and oxygen atoms in total. The summed E-state index contributed by atoms with van der Waals surface area (Å²) in [4.78, 5) is 17.4. The van der Waals surface area contributed by atoms with Gasteiger partial charge in [-0.15, -0.1) is 10.2 Å². The number of hydrogen-bond donors (Lipinski definition) is 2. The van der Waals surface area contributed by atoms with E-state index < -0.39 is 10.6 Å². The van der Waals surface area contributed by atoms with Crippen molar-refractivity contribution in [3.8, 4) is 0 Å². The summed E-state index contributed by atoms with van der Waals surface area (Å²) in [5, 5.41) is 16.2. The first kappa shape index (κ1) is 25.3. The predicted molar refractivity (Wildman–Crippen MR) is 147 cm³/mol. The van der Waals surface area contributed by atoms with Gasteiger partial charge in [0.15, 0.2) is 5.04 Å². The topological polar surface area (TPSA) is 97.2 Å². The summed E-state index contributed by atoms with van der Waals surface area (Å²) < 4.78 is 13.6. The molecule has 1 fully saturated rings. The molecule has 1 aromatic heterocycles. The Morgan fingerprint density at radius 2 is 1.68 bits per heavy atom. The molecule has 3 aromatic rings. The monoisotopic (exact) mass is 517 g/mol. The minimum atomic E-state index is -2.73. The van der Waals surface area contributed by atoms with Crippen LogP contribution in [0.1, 0.15) is 47.4 Å². The number of carbonyl (C=O) groups is 1. The summed E-state index contributed by atoms with van der Waals surface area (Å²) in [6, 6.07) is 22.7. The number of carbonyl (C=O) groups excluding carboxylic acids is 1. The van der Waals surface area contributed by atoms with Crippen LogP contribution in [0.15, 0.2) is 95.4 Å². The SMILES string of the molecule is CC(OS1(OCC2CCNCC2)C(NC(=O)c2ccccc2)=NN=C1c1ccncc1)c1ccccc1. The van der Waals surface area contributed by atoms with Crippen molar-refractivity contribution in [3.63, 3.8) is 0 Å². The molecule has 0 spiro atoms. The van der Waals surface area contributed by atoms with Crippen molar-refractivity contribution >= 4 is 26.7 Å². The largest absolute Gasteiger partial charge is 0.317 e. The minimum Gasteiger partial charge on any atom is -0.317 e. The Balaban J connectivity index is 1.52. The number of pyridine rings is 1. The molecule has 2 atom stereocenters. The molecule has 2 unspecified atom stereocenters. The van der Waals surface area contributed by atoms with Crippen LogP contribution in [0, 0.1) is 5.92 Å². The quantitative estimate of drug-likeness (QED) is 0.440. The lowest BCUT2D eigenvalue weighted by molar-refractivity contribution is 0.0976. The van der Waals surface area contributed by atoms with Gasteiger partial charge in [0.25, 0.3) is 5.91 Å². The molecule has 0 radical (unpaired) electrons. The van der Waals surface area contributed by atoms with Gasteiger partial charge in [-0.2, -0.15) is 0 Å². The van der Waals surface area contributed by atoms with Gasteiger partial charge in [-0.1, -0.05) is 59.1 Å². The minimum absolute atomic E-state index is 0.288. The van der Waals surface area contributed by atoms with Gasteiger partial charge < -0.3 is 5.32 Å². The lowest BCUT2D eigenvalue weighted by atomic mass is 10.00. The molecule has 1 saturated heterocycles. The van der Waals surface area contributed by atoms with E-state index in [1.54, 1.807) is 24.5 Å². The average molecular weight is 518 g/mol. The summed E-state index contributed by atoms with van der Waals surface area (Å²) in [5.41, 5.74) is 2.31. The molecular weight excluding hydrogens is 486 g/mol. The van der Waals surface area contributed by atoms with E-state index in [9.17, 15) is 4.79 Å². The predicted octanol–water partition coefficient (Wildman–Crippen LogP) is 4.97. The van der Waals surface area contributed by atoms with Crippen LogP contribution in [-0.2, 0) is 8.37 Å². The number of nitrogens with one attached hydrogen (secondary N) is 2. The highest BCUT2D eigenvalue weighted by Gasteiger charge is 2.43. The number of aromatic nitrogens is 1. The Morgan fingerprint density at radius 3 is 2.38 bits per heavy atom. The van der Waals surface area contributed by atoms with Gasteiger partial charge in [-0.05, 0) is 68.6 Å². The number of rotatable bonds is 8. The Bertz CT molecular complexity index is 1250. The highest BCUT2D eigenvalue weighted by Crippen LogP contribution is 2.60. The zero-order valence-electron chi connectivity index (χ0n) is 20.7. The third kappa shape index (κ3) is 5.80. The zero-order valence-corrected chi connectivity index (χ0v) is 21.6. The van der Waals surface area contributed by atoms with E-state index in [0.29, 0.717) is 28.3 Å². The Morgan fingerprint density at radius 1 is 1.00 bits per heavy atom. The van der Waals surface area contributed by atoms with Crippen LogP contribution in [0.2, 0.25) is 0 Å². The highest BCUT2D eigenvalue weighted by molar-refractivity contribution is 8.49. The third-order valence-corrected chi connectivity index (χ3v) is 8.95. The molecule has 0 aliphatic carbocycles. The maximum Gasteiger partial charge on any atom is 0.257 e. The van der Waals surface area contributed by atoms with Crippen molar-refractivity contribution in [2.24, 2.45) is 16.1 Å². The molecule has 2 aliphatic rings. The van der Waals surface area contributed by atoms with Crippen molar-refractivity contribution in [2.45, 2.75) is 25.9 Å². The van der Waals surface area contributed by atoms with Crippen molar-refractivity contribution in [3.05, 3.63) is 102 Å². The fourth-order valence-corrected chi connectivity index (χ4v) is 6.82. The molecule has 2 aliphatic heterocycles. The first-order valence-corrected chi connectivity index (χ1v) is 14.0. The maximum atomic E-state index is 13.2. The standard InChI is InChI=1S/C28H31N5O3S/c1-21(23-8-4-2-5-9-23)36-37(35-20-22-12-16-29-17-13-22)27(25-14-18-30-19-15-25)32-33-28(37)31-26(34)24-10-6-3-7-11-24/h2-11,14-15,18-19,21-22,29H,12-13,16-17,20H2,1H3,(H,31,33,34). The van der Waals surface area contributed by atoms with Crippen LogP contribution in [0.4, 0.5) is 0 Å². The van der Waals surface area contributed by atoms with Gasteiger partial charge in [0, 0.05) is 23.5 Å². The van der Waals surface area contributed by atoms with Gasteiger partial charge in [0.2, 0.25) is 5.17 Å². The van der Waals surface area contributed by atoms with Gasteiger partial charge in [-0.3, -0.25) is 23.5 Å². The van der Waals surface area contributed by atoms with Crippen LogP contribution < -0.4 is 10.6 Å². The van der Waals surface area contributed by atoms with E-state index in [-0.39, 0.29) is 12.0 Å². The van der Waals surface area contributed by atoms with Crippen LogP contribution >= 0.6 is 10.6 Å². The second-order valence-electron chi connectivity index (χ2n) is 9.00. The molecule has 9 heteroatoms. The van der Waals surface area contributed by atoms with Crippen molar-refractivity contribution in [1.82, 2.24) is 15.6 Å². The fraction of sp³-hybridized carbons (Fsp3) is 0.286. The first-order chi connectivity index (χ1) is 18.2. The third-order valence-electron chi connectivity index (χ3n) is 6.40. The average Bonchev–Trinajstić information content (AvgIpc) is 3.31. The van der Waals surface area contributed by atoms with Crippen molar-refractivity contribution < 1.29 is 13.2 Å². The lowest BCUT2D eigenvalue weighted by Crippen LogP contribution is -2.39. The second-order valence-corrected chi connectivity index (χ2v) is 11.2. The number of amides is 1. The number of piperidine rings is 1. The second kappa shape index (κ2) is 11.8. The molecule has 0 bridgehead atoms. The molecule has 3 heterocycles. The Hall–Kier alpha value is -3.37. The van der Waals surface area contributed by atoms with E-state index in [1.165, 1.54) is 0 Å². The van der Waals surface area contributed by atoms with E-state index in [2.05, 4.69) is 25.8 Å². The normalized spacial score (nSPS) is 22.4. The molecule has 5 rings (SSSR count). The maximum absolute atomic E-state index is 13.2. The van der Waals surface area contributed by atoms with Crippen LogP contribution in [-0.4, -0.2) is 40.8 Å². The van der Waals surface area contributed by atoms with Crippen LogP contribution in [0.25, 0.3) is 0 Å². The van der Waals surface area contributed by atoms with E-state index in [4.69, 9.17) is 8.37 Å². The summed E-state index contributed by atoms with van der Waals surface area (Å²) in [5.74, 6) is 0.0791. The number of hydrogen-bond acceptors (Lipinski definition) is 7. The molecular formula is C28H31N5O3S. The van der Waals surface area contributed by atoms with E-state index in [0.717, 1.165) is 37.1 Å². The van der Waals surface area contributed by atoms with Gasteiger partial charge in [-0.25, -0.2) is 0 Å². The summed E-state index contributed by atoms with van der Waals surface area (Å²) in [6.07, 6.45) is 5.09. The smallest absolute Gasteiger partial charge is 0.257 e. The number of amidine groups is 1. The molecule has 2 aromatic carbocycles. The Labute approximate surface area is 218 Å². The first-order valence-electron chi connectivity index (χ1n) is 12.5. The van der Waals surface area contributed by atoms with Gasteiger partial charge in [0.05, 0.1) is 6.61 Å². The molecule has 192 valence electrons. The van der Waals surface area contributed by atoms with Crippen LogP contribution in [0.3, 0.4) is 0 Å². The molecule has 37 heavy (non-hydrogen) atoms. The number of benzene rings is 2. The highest BCUT2D eigenvalue weighted by atomic mass is 32.3. The molecule has 0 saturated carbocycles. The van der Waals surface area contributed by atoms with E-state index >= 15 is 0 Å². The zero-order chi connectivity index (χ0) is 25.5. The van der Waals surface area contributed by atoms with Crippen molar-refractivity contribution in [1.29, 1.82) is 0 Å². The number of nitrogens with zero attached hydrogens (tertiary/aromatic N) is 3. The van der Waals surface area contributed by atoms with Crippen molar-refractivity contribution in [2.75, 3.05) is 19.7 Å². The fourth-order valence-electron chi connectivity index (χ4n) is 4.30. The summed E-state index contributed by atoms with van der Waals surface area (Å²) in [7, 11) is -2.73.